The van der Waals surface area contributed by atoms with Gasteiger partial charge in [-0.25, -0.2) is 4.79 Å². The first kappa shape index (κ1) is 12.7. The number of carboxylic acid groups (broad SMARTS) is 1. The van der Waals surface area contributed by atoms with E-state index < -0.39 is 11.5 Å². The van der Waals surface area contributed by atoms with Crippen molar-refractivity contribution in [3.8, 4) is 0 Å². The zero-order chi connectivity index (χ0) is 12.2. The molecule has 1 aromatic heterocycles. The lowest BCUT2D eigenvalue weighted by molar-refractivity contribution is 0.0696. The van der Waals surface area contributed by atoms with Gasteiger partial charge in [0.25, 0.3) is 0 Å². The Morgan fingerprint density at radius 3 is 2.56 bits per heavy atom. The highest BCUT2D eigenvalue weighted by atomic mass is 16.4. The highest BCUT2D eigenvalue weighted by Crippen LogP contribution is 2.09. The second kappa shape index (κ2) is 5.11. The highest BCUT2D eigenvalue weighted by Gasteiger charge is 2.21. The summed E-state index contributed by atoms with van der Waals surface area (Å²) in [6.07, 6.45) is 1.15. The van der Waals surface area contributed by atoms with Crippen LogP contribution in [0.25, 0.3) is 0 Å². The number of carbonyl (C=O) groups is 1. The molecule has 0 aliphatic carbocycles. The summed E-state index contributed by atoms with van der Waals surface area (Å²) < 4.78 is 5.00. The molecular formula is C10H15NO5. The van der Waals surface area contributed by atoms with Gasteiger partial charge in [-0.3, -0.25) is 0 Å². The molecule has 0 aliphatic rings. The third-order valence-electron chi connectivity index (χ3n) is 2.29. The number of aliphatic hydroxyl groups is 2. The first-order chi connectivity index (χ1) is 7.50. The Balaban J connectivity index is 2.57. The third kappa shape index (κ3) is 3.06. The summed E-state index contributed by atoms with van der Waals surface area (Å²) in [5.41, 5.74) is -0.734. The Morgan fingerprint density at radius 2 is 2.12 bits per heavy atom. The monoisotopic (exact) mass is 229 g/mol. The van der Waals surface area contributed by atoms with Crippen LogP contribution in [0.4, 0.5) is 0 Å². The Hall–Kier alpha value is -1.37. The van der Waals surface area contributed by atoms with E-state index in [4.69, 9.17) is 19.7 Å². The molecule has 0 fully saturated rings. The number of hydrogen-bond donors (Lipinski definition) is 4. The lowest BCUT2D eigenvalue weighted by Crippen LogP contribution is -2.48. The Labute approximate surface area is 92.5 Å². The van der Waals surface area contributed by atoms with Crippen molar-refractivity contribution >= 4 is 5.97 Å². The van der Waals surface area contributed by atoms with Gasteiger partial charge in [-0.2, -0.15) is 0 Å². The summed E-state index contributed by atoms with van der Waals surface area (Å²) in [5.74, 6) is -0.618. The second-order valence-electron chi connectivity index (χ2n) is 3.84. The molecule has 0 amide bonds. The molecule has 1 rings (SSSR count). The van der Waals surface area contributed by atoms with Crippen LogP contribution in [0.2, 0.25) is 0 Å². The number of rotatable bonds is 6. The summed E-state index contributed by atoms with van der Waals surface area (Å²) in [7, 11) is 0. The average Bonchev–Trinajstić information content (AvgIpc) is 2.75. The van der Waals surface area contributed by atoms with E-state index in [0.29, 0.717) is 5.76 Å². The smallest absolute Gasteiger partial charge is 0.338 e. The fraction of sp³-hybridized carbons (Fsp3) is 0.500. The summed E-state index contributed by atoms with van der Waals surface area (Å²) >= 11 is 0. The quantitative estimate of drug-likeness (QED) is 0.539. The fourth-order valence-corrected chi connectivity index (χ4v) is 1.05. The maximum atomic E-state index is 10.6. The molecule has 6 nitrogen and oxygen atoms in total. The molecule has 0 atom stereocenters. The predicted molar refractivity (Wildman–Crippen MR) is 55.1 cm³/mol. The van der Waals surface area contributed by atoms with E-state index in [2.05, 4.69) is 5.32 Å². The van der Waals surface area contributed by atoms with Crippen LogP contribution in [0.1, 0.15) is 23.0 Å². The van der Waals surface area contributed by atoms with Crippen molar-refractivity contribution in [2.24, 2.45) is 0 Å². The van der Waals surface area contributed by atoms with Crippen molar-refractivity contribution in [3.05, 3.63) is 23.7 Å². The zero-order valence-electron chi connectivity index (χ0n) is 8.93. The first-order valence-electron chi connectivity index (χ1n) is 4.78. The molecule has 0 aromatic carbocycles. The molecule has 0 saturated heterocycles. The Kier molecular flexibility index (Phi) is 4.05. The van der Waals surface area contributed by atoms with E-state index in [9.17, 15) is 4.79 Å². The van der Waals surface area contributed by atoms with Crippen molar-refractivity contribution in [2.45, 2.75) is 19.0 Å². The van der Waals surface area contributed by atoms with Gasteiger partial charge in [-0.05, 0) is 13.0 Å². The molecule has 6 heteroatoms. The predicted octanol–water partition coefficient (Wildman–Crippen LogP) is -0.189. The number of aromatic carboxylic acids is 1. The van der Waals surface area contributed by atoms with Gasteiger partial charge in [0.05, 0.1) is 30.9 Å². The van der Waals surface area contributed by atoms with Crippen LogP contribution >= 0.6 is 0 Å². The normalized spacial score (nSPS) is 11.7. The summed E-state index contributed by atoms with van der Waals surface area (Å²) in [6.45, 7) is 1.44. The van der Waals surface area contributed by atoms with E-state index in [1.54, 1.807) is 6.92 Å². The van der Waals surface area contributed by atoms with Gasteiger partial charge in [-0.1, -0.05) is 0 Å². The van der Waals surface area contributed by atoms with Crippen molar-refractivity contribution in [1.29, 1.82) is 0 Å². The Bertz CT molecular complexity index is 356. The number of aliphatic hydroxyl groups excluding tert-OH is 2. The SMILES string of the molecule is CC(CO)(CO)NCc1cc(C(=O)O)co1. The van der Waals surface area contributed by atoms with E-state index >= 15 is 0 Å². The maximum Gasteiger partial charge on any atom is 0.338 e. The van der Waals surface area contributed by atoms with Crippen molar-refractivity contribution in [2.75, 3.05) is 13.2 Å². The minimum absolute atomic E-state index is 0.0755. The van der Waals surface area contributed by atoms with Gasteiger partial charge in [-0.15, -0.1) is 0 Å². The molecule has 1 aromatic rings. The largest absolute Gasteiger partial charge is 0.478 e. The molecule has 1 heterocycles. The molecule has 90 valence electrons. The molecule has 0 bridgehead atoms. The third-order valence-corrected chi connectivity index (χ3v) is 2.29. The molecule has 0 aliphatic heterocycles. The van der Waals surface area contributed by atoms with Crippen LogP contribution in [0.15, 0.2) is 16.7 Å². The van der Waals surface area contributed by atoms with Gasteiger partial charge in [0.15, 0.2) is 0 Å². The van der Waals surface area contributed by atoms with Crippen molar-refractivity contribution < 1.29 is 24.5 Å². The van der Waals surface area contributed by atoms with Crippen molar-refractivity contribution in [3.63, 3.8) is 0 Å². The molecule has 0 unspecified atom stereocenters. The molecule has 4 N–H and O–H groups in total. The van der Waals surface area contributed by atoms with Gasteiger partial charge in [0.1, 0.15) is 12.0 Å². The molecule has 0 spiro atoms. The molecule has 0 saturated carbocycles. The van der Waals surface area contributed by atoms with Gasteiger partial charge < -0.3 is 25.1 Å². The lowest BCUT2D eigenvalue weighted by atomic mass is 10.1. The van der Waals surface area contributed by atoms with E-state index in [0.717, 1.165) is 6.26 Å². The first-order valence-corrected chi connectivity index (χ1v) is 4.78. The molecule has 0 radical (unpaired) electrons. The topological polar surface area (TPSA) is 103 Å². The minimum atomic E-state index is -1.05. The van der Waals surface area contributed by atoms with Crippen LogP contribution in [-0.2, 0) is 6.54 Å². The van der Waals surface area contributed by atoms with Crippen LogP contribution < -0.4 is 5.32 Å². The number of hydrogen-bond acceptors (Lipinski definition) is 5. The maximum absolute atomic E-state index is 10.6. The fourth-order valence-electron chi connectivity index (χ4n) is 1.05. The zero-order valence-corrected chi connectivity index (χ0v) is 8.93. The highest BCUT2D eigenvalue weighted by molar-refractivity contribution is 5.87. The molecular weight excluding hydrogens is 214 g/mol. The summed E-state index contributed by atoms with van der Waals surface area (Å²) in [5, 5.41) is 29.6. The van der Waals surface area contributed by atoms with E-state index in [1.807, 2.05) is 0 Å². The van der Waals surface area contributed by atoms with Gasteiger partial charge in [0.2, 0.25) is 0 Å². The average molecular weight is 229 g/mol. The number of carboxylic acids is 1. The van der Waals surface area contributed by atoms with Crippen LogP contribution in [-0.4, -0.2) is 40.0 Å². The van der Waals surface area contributed by atoms with Gasteiger partial charge >= 0.3 is 5.97 Å². The number of nitrogens with one attached hydrogen (secondary N) is 1. The van der Waals surface area contributed by atoms with Crippen molar-refractivity contribution in [1.82, 2.24) is 5.32 Å². The summed E-state index contributed by atoms with van der Waals surface area (Å²) in [6, 6.07) is 1.39. The van der Waals surface area contributed by atoms with Crippen LogP contribution in [0.5, 0.6) is 0 Å². The van der Waals surface area contributed by atoms with Gasteiger partial charge in [0, 0.05) is 0 Å². The van der Waals surface area contributed by atoms with Crippen LogP contribution in [0.3, 0.4) is 0 Å². The summed E-state index contributed by atoms with van der Waals surface area (Å²) in [4.78, 5) is 10.6. The minimum Gasteiger partial charge on any atom is -0.478 e. The van der Waals surface area contributed by atoms with E-state index in [-0.39, 0.29) is 25.3 Å². The number of furan rings is 1. The molecule has 16 heavy (non-hydrogen) atoms. The van der Waals surface area contributed by atoms with E-state index in [1.165, 1.54) is 6.07 Å². The lowest BCUT2D eigenvalue weighted by Gasteiger charge is -2.25. The standard InChI is InChI=1S/C10H15NO5/c1-10(5-12,6-13)11-3-8-2-7(4-16-8)9(14)15/h2,4,11-13H,3,5-6H2,1H3,(H,14,15). The Morgan fingerprint density at radius 1 is 1.50 bits per heavy atom. The van der Waals surface area contributed by atoms with Crippen LogP contribution in [0, 0.1) is 0 Å². The second-order valence-corrected chi connectivity index (χ2v) is 3.84.